The Morgan fingerprint density at radius 1 is 1.31 bits per heavy atom. The first kappa shape index (κ1) is 11.3. The lowest BCUT2D eigenvalue weighted by Crippen LogP contribution is -1.94. The fraction of sp³-hybridized carbons (Fsp3) is 0.222. The van der Waals surface area contributed by atoms with Crippen LogP contribution in [-0.4, -0.2) is 18.8 Å². The van der Waals surface area contributed by atoms with Crippen LogP contribution >= 0.6 is 0 Å². The monoisotopic (exact) mass is 178 g/mol. The van der Waals surface area contributed by atoms with Crippen LogP contribution in [0, 0.1) is 0 Å². The minimum Gasteiger partial charge on any atom is -0.398 e. The van der Waals surface area contributed by atoms with Gasteiger partial charge in [0.05, 0.1) is 6.21 Å². The summed E-state index contributed by atoms with van der Waals surface area (Å²) in [7, 11) is 0. The maximum atomic E-state index is 5.25. The fourth-order valence-corrected chi connectivity index (χ4v) is 0.536. The molecule has 4 heteroatoms. The highest BCUT2D eigenvalue weighted by Crippen LogP contribution is 1.95. The molecule has 0 aliphatic carbocycles. The van der Waals surface area contributed by atoms with Crippen molar-refractivity contribution in [3.63, 3.8) is 0 Å². The molecular formula is C9H14N4. The molecule has 2 N–H and O–H groups in total. The zero-order chi connectivity index (χ0) is 10.1. The van der Waals surface area contributed by atoms with Gasteiger partial charge in [-0.3, -0.25) is 0 Å². The zero-order valence-electron chi connectivity index (χ0n) is 7.94. The van der Waals surface area contributed by atoms with Gasteiger partial charge >= 0.3 is 0 Å². The van der Waals surface area contributed by atoms with E-state index in [1.807, 2.05) is 13.8 Å². The van der Waals surface area contributed by atoms with Crippen molar-refractivity contribution in [2.24, 2.45) is 20.7 Å². The molecule has 4 nitrogen and oxygen atoms in total. The second kappa shape index (κ2) is 6.97. The molecule has 0 atom stereocenters. The normalized spacial score (nSPS) is 13.5. The van der Waals surface area contributed by atoms with Gasteiger partial charge < -0.3 is 5.73 Å². The lowest BCUT2D eigenvalue weighted by Gasteiger charge is -1.87. The predicted molar refractivity (Wildman–Crippen MR) is 58.2 cm³/mol. The maximum absolute atomic E-state index is 5.25. The third-order valence-corrected chi connectivity index (χ3v) is 1.02. The molecule has 0 amide bonds. The van der Waals surface area contributed by atoms with Crippen molar-refractivity contribution in [2.75, 3.05) is 0 Å². The van der Waals surface area contributed by atoms with Crippen LogP contribution in [0.25, 0.3) is 0 Å². The highest BCUT2D eigenvalue weighted by atomic mass is 15.0. The van der Waals surface area contributed by atoms with E-state index in [0.717, 1.165) is 0 Å². The van der Waals surface area contributed by atoms with E-state index in [9.17, 15) is 0 Å². The van der Waals surface area contributed by atoms with Crippen molar-refractivity contribution >= 4 is 18.8 Å². The number of allylic oxidation sites excluding steroid dienone is 2. The van der Waals surface area contributed by atoms with Gasteiger partial charge in [-0.15, -0.1) is 0 Å². The topological polar surface area (TPSA) is 63.1 Å². The van der Waals surface area contributed by atoms with Gasteiger partial charge in [-0.2, -0.15) is 0 Å². The standard InChI is InChI=1S/C9H14N4/c1-4-9(12-5-2)13-7-11-6-8(3)10/h4-7H,3,10H2,1-2H3/b9-4+,11-6?,12-5?,13-7?. The Morgan fingerprint density at radius 2 is 2.00 bits per heavy atom. The summed E-state index contributed by atoms with van der Waals surface area (Å²) in [6.07, 6.45) is 6.24. The van der Waals surface area contributed by atoms with E-state index in [1.165, 1.54) is 12.6 Å². The van der Waals surface area contributed by atoms with E-state index < -0.39 is 0 Å². The predicted octanol–water partition coefficient (Wildman–Crippen LogP) is 1.51. The first-order valence-corrected chi connectivity index (χ1v) is 3.85. The lowest BCUT2D eigenvalue weighted by molar-refractivity contribution is 1.23. The summed E-state index contributed by atoms with van der Waals surface area (Å²) in [5.74, 6) is 0.613. The lowest BCUT2D eigenvalue weighted by atomic mass is 10.6. The second-order valence-corrected chi connectivity index (χ2v) is 2.13. The summed E-state index contributed by atoms with van der Waals surface area (Å²) in [5, 5.41) is 0. The molecule has 0 aliphatic heterocycles. The van der Waals surface area contributed by atoms with Crippen molar-refractivity contribution in [1.29, 1.82) is 0 Å². The van der Waals surface area contributed by atoms with E-state index in [-0.39, 0.29) is 0 Å². The maximum Gasteiger partial charge on any atom is 0.148 e. The highest BCUT2D eigenvalue weighted by molar-refractivity contribution is 5.83. The van der Waals surface area contributed by atoms with Gasteiger partial charge in [-0.05, 0) is 19.9 Å². The first-order chi connectivity index (χ1) is 6.20. The Hall–Kier alpha value is -1.71. The third kappa shape index (κ3) is 6.68. The van der Waals surface area contributed by atoms with E-state index in [0.29, 0.717) is 11.5 Å². The van der Waals surface area contributed by atoms with Crippen LogP contribution in [0.5, 0.6) is 0 Å². The Labute approximate surface area is 78.3 Å². The molecule has 0 heterocycles. The van der Waals surface area contributed by atoms with Crippen molar-refractivity contribution in [3.05, 3.63) is 24.2 Å². The molecule has 0 saturated carbocycles. The second-order valence-electron chi connectivity index (χ2n) is 2.13. The molecule has 0 rings (SSSR count). The number of hydrogen-bond donors (Lipinski definition) is 1. The van der Waals surface area contributed by atoms with Gasteiger partial charge in [0.1, 0.15) is 12.2 Å². The highest BCUT2D eigenvalue weighted by Gasteiger charge is 1.81. The van der Waals surface area contributed by atoms with Gasteiger partial charge in [0.15, 0.2) is 0 Å². The minimum absolute atomic E-state index is 0.396. The van der Waals surface area contributed by atoms with Gasteiger partial charge in [0.2, 0.25) is 0 Å². The summed E-state index contributed by atoms with van der Waals surface area (Å²) < 4.78 is 0. The van der Waals surface area contributed by atoms with Crippen LogP contribution < -0.4 is 5.73 Å². The molecule has 0 aromatic rings. The number of rotatable bonds is 4. The number of nitrogens with two attached hydrogens (primary N) is 1. The van der Waals surface area contributed by atoms with Crippen molar-refractivity contribution < 1.29 is 0 Å². The summed E-state index contributed by atoms with van der Waals surface area (Å²) in [5.41, 5.74) is 5.65. The van der Waals surface area contributed by atoms with Gasteiger partial charge in [-0.1, -0.05) is 6.58 Å². The Kier molecular flexibility index (Phi) is 6.05. The van der Waals surface area contributed by atoms with E-state index in [2.05, 4.69) is 21.6 Å². The number of nitrogens with zero attached hydrogens (tertiary/aromatic N) is 3. The molecule has 0 aromatic carbocycles. The van der Waals surface area contributed by atoms with Crippen molar-refractivity contribution in [3.8, 4) is 0 Å². The average molecular weight is 178 g/mol. The van der Waals surface area contributed by atoms with Crippen LogP contribution in [-0.2, 0) is 0 Å². The smallest absolute Gasteiger partial charge is 0.148 e. The quantitative estimate of drug-likeness (QED) is 0.514. The van der Waals surface area contributed by atoms with Crippen LogP contribution in [0.15, 0.2) is 39.2 Å². The van der Waals surface area contributed by atoms with E-state index in [1.54, 1.807) is 12.3 Å². The Bertz CT molecular complexity index is 271. The summed E-state index contributed by atoms with van der Waals surface area (Å²) in [4.78, 5) is 11.7. The van der Waals surface area contributed by atoms with Gasteiger partial charge in [0, 0.05) is 11.9 Å². The fourth-order valence-electron chi connectivity index (χ4n) is 0.536. The van der Waals surface area contributed by atoms with Crippen molar-refractivity contribution in [2.45, 2.75) is 13.8 Å². The van der Waals surface area contributed by atoms with E-state index in [4.69, 9.17) is 5.73 Å². The molecular weight excluding hydrogens is 164 g/mol. The van der Waals surface area contributed by atoms with Gasteiger partial charge in [-0.25, -0.2) is 15.0 Å². The average Bonchev–Trinajstić information content (AvgIpc) is 2.10. The third-order valence-electron chi connectivity index (χ3n) is 1.02. The zero-order valence-corrected chi connectivity index (χ0v) is 7.94. The molecule has 0 unspecified atom stereocenters. The van der Waals surface area contributed by atoms with Crippen LogP contribution in [0.1, 0.15) is 13.8 Å². The largest absolute Gasteiger partial charge is 0.398 e. The summed E-state index contributed by atoms with van der Waals surface area (Å²) >= 11 is 0. The van der Waals surface area contributed by atoms with Crippen LogP contribution in [0.2, 0.25) is 0 Å². The summed E-state index contributed by atoms with van der Waals surface area (Å²) in [6, 6.07) is 0. The number of hydrogen-bond acceptors (Lipinski definition) is 3. The molecule has 13 heavy (non-hydrogen) atoms. The van der Waals surface area contributed by atoms with E-state index >= 15 is 0 Å². The minimum atomic E-state index is 0.396. The number of aliphatic imine (C=N–C) groups is 3. The summed E-state index contributed by atoms with van der Waals surface area (Å²) in [6.45, 7) is 7.13. The Morgan fingerprint density at radius 3 is 2.46 bits per heavy atom. The van der Waals surface area contributed by atoms with Gasteiger partial charge in [0.25, 0.3) is 0 Å². The Balaban J connectivity index is 4.17. The van der Waals surface area contributed by atoms with Crippen LogP contribution in [0.3, 0.4) is 0 Å². The molecule has 0 aromatic heterocycles. The van der Waals surface area contributed by atoms with Crippen molar-refractivity contribution in [1.82, 2.24) is 0 Å². The molecule has 0 fully saturated rings. The molecule has 0 aliphatic rings. The molecule has 0 radical (unpaired) electrons. The molecule has 0 saturated heterocycles. The molecule has 0 spiro atoms. The first-order valence-electron chi connectivity index (χ1n) is 3.85. The SMILES string of the molecule is C=C(N)C=NC=N/C(=C/C)N=CC. The molecule has 70 valence electrons. The van der Waals surface area contributed by atoms with Crippen LogP contribution in [0.4, 0.5) is 0 Å². The molecule has 0 bridgehead atoms.